The van der Waals surface area contributed by atoms with E-state index in [1.807, 2.05) is 44.2 Å². The molecule has 6 heteroatoms. The molecule has 0 saturated heterocycles. The van der Waals surface area contributed by atoms with Crippen LogP contribution in [0.1, 0.15) is 27.0 Å². The maximum absolute atomic E-state index is 12.5. The number of nitrogens with zero attached hydrogens (tertiary/aromatic N) is 2. The number of thioether (sulfide) groups is 1. The fourth-order valence-corrected chi connectivity index (χ4v) is 3.71. The number of aryl methyl sites for hydroxylation is 3. The van der Waals surface area contributed by atoms with Gasteiger partial charge in [-0.2, -0.15) is 0 Å². The molecule has 0 aliphatic heterocycles. The number of hydrogen-bond acceptors (Lipinski definition) is 4. The van der Waals surface area contributed by atoms with Crippen molar-refractivity contribution in [2.45, 2.75) is 25.9 Å². The number of nitrogens with one attached hydrogen (secondary N) is 1. The van der Waals surface area contributed by atoms with E-state index in [2.05, 4.69) is 44.1 Å². The van der Waals surface area contributed by atoms with E-state index >= 15 is 0 Å². The number of halogens is 1. The molecule has 0 atom stereocenters. The molecule has 0 fully saturated rings. The summed E-state index contributed by atoms with van der Waals surface area (Å²) in [5.41, 5.74) is 5.06. The Morgan fingerprint density at radius 2 is 1.84 bits per heavy atom. The molecule has 1 heterocycles. The normalized spacial score (nSPS) is 10.9. The van der Waals surface area contributed by atoms with E-state index < -0.39 is 0 Å². The van der Waals surface area contributed by atoms with E-state index in [4.69, 9.17) is 0 Å². The van der Waals surface area contributed by atoms with E-state index in [0.29, 0.717) is 16.7 Å². The van der Waals surface area contributed by atoms with Crippen LogP contribution in [-0.2, 0) is 0 Å². The predicted molar refractivity (Wildman–Crippen MR) is 105 cm³/mol. The van der Waals surface area contributed by atoms with Crippen molar-refractivity contribution < 1.29 is 4.79 Å². The molecule has 2 aromatic carbocycles. The van der Waals surface area contributed by atoms with E-state index in [1.54, 1.807) is 0 Å². The fourth-order valence-electron chi connectivity index (χ4n) is 2.55. The molecular weight excluding hydrogens is 398 g/mol. The summed E-state index contributed by atoms with van der Waals surface area (Å²) in [6.45, 7) is 6.06. The quantitative estimate of drug-likeness (QED) is 0.463. The van der Waals surface area contributed by atoms with Crippen molar-refractivity contribution in [2.75, 3.05) is 5.75 Å². The zero-order chi connectivity index (χ0) is 18.0. The molecule has 0 aliphatic carbocycles. The summed E-state index contributed by atoms with van der Waals surface area (Å²) in [5.74, 6) is 1.10. The van der Waals surface area contributed by atoms with E-state index in [1.165, 1.54) is 17.3 Å². The summed E-state index contributed by atoms with van der Waals surface area (Å²) >= 11 is 4.85. The zero-order valence-corrected chi connectivity index (χ0v) is 16.7. The lowest BCUT2D eigenvalue weighted by molar-refractivity contribution is 0.102. The number of aromatic amines is 1. The lowest BCUT2D eigenvalue weighted by Crippen LogP contribution is -2.06. The van der Waals surface area contributed by atoms with Gasteiger partial charge in [0.15, 0.2) is 11.6 Å². The van der Waals surface area contributed by atoms with Crippen LogP contribution in [0.25, 0.3) is 11.4 Å². The summed E-state index contributed by atoms with van der Waals surface area (Å²) in [6.07, 6.45) is 0. The van der Waals surface area contributed by atoms with Crippen molar-refractivity contribution in [1.82, 2.24) is 15.2 Å². The van der Waals surface area contributed by atoms with Crippen molar-refractivity contribution in [3.05, 3.63) is 63.1 Å². The third-order valence-electron chi connectivity index (χ3n) is 4.07. The van der Waals surface area contributed by atoms with Crippen molar-refractivity contribution in [3.63, 3.8) is 0 Å². The molecule has 25 heavy (non-hydrogen) atoms. The summed E-state index contributed by atoms with van der Waals surface area (Å²) < 4.78 is 0.949. The predicted octanol–water partition coefficient (Wildman–Crippen LogP) is 5.13. The van der Waals surface area contributed by atoms with Gasteiger partial charge in [-0.05, 0) is 49.6 Å². The van der Waals surface area contributed by atoms with Gasteiger partial charge in [-0.25, -0.2) is 4.98 Å². The van der Waals surface area contributed by atoms with Crippen molar-refractivity contribution in [1.29, 1.82) is 0 Å². The van der Waals surface area contributed by atoms with Gasteiger partial charge >= 0.3 is 0 Å². The van der Waals surface area contributed by atoms with Gasteiger partial charge in [0.05, 0.1) is 5.75 Å². The van der Waals surface area contributed by atoms with Crippen LogP contribution in [0.15, 0.2) is 46.0 Å². The molecule has 128 valence electrons. The average molecular weight is 416 g/mol. The van der Waals surface area contributed by atoms with Crippen LogP contribution >= 0.6 is 27.7 Å². The molecule has 0 radical (unpaired) electrons. The minimum absolute atomic E-state index is 0.0952. The number of rotatable bonds is 5. The first-order valence-electron chi connectivity index (χ1n) is 7.87. The second-order valence-corrected chi connectivity index (χ2v) is 7.71. The highest BCUT2D eigenvalue weighted by molar-refractivity contribution is 9.10. The number of hydrogen-bond donors (Lipinski definition) is 1. The van der Waals surface area contributed by atoms with Gasteiger partial charge in [0.25, 0.3) is 0 Å². The van der Waals surface area contributed by atoms with Gasteiger partial charge in [-0.15, -0.1) is 5.10 Å². The molecular formula is C19H18BrN3OS. The average Bonchev–Trinajstić information content (AvgIpc) is 3.05. The van der Waals surface area contributed by atoms with E-state index in [0.717, 1.165) is 26.7 Å². The molecule has 0 saturated carbocycles. The topological polar surface area (TPSA) is 58.6 Å². The van der Waals surface area contributed by atoms with Crippen LogP contribution < -0.4 is 0 Å². The fraction of sp³-hybridized carbons (Fsp3) is 0.211. The monoisotopic (exact) mass is 415 g/mol. The highest BCUT2D eigenvalue weighted by Gasteiger charge is 2.14. The standard InChI is InChI=1S/C19H18BrN3OS/c1-11-8-13(3)15(9-12(11)2)17(24)10-25-19-21-18(22-23-19)14-6-4-5-7-16(14)20/h4-9H,10H2,1-3H3,(H,21,22,23). The molecule has 0 amide bonds. The lowest BCUT2D eigenvalue weighted by atomic mass is 9.99. The smallest absolute Gasteiger partial charge is 0.209 e. The largest absolute Gasteiger partial charge is 0.293 e. The van der Waals surface area contributed by atoms with Crippen LogP contribution in [-0.4, -0.2) is 26.7 Å². The van der Waals surface area contributed by atoms with Gasteiger partial charge in [0, 0.05) is 15.6 Å². The van der Waals surface area contributed by atoms with Crippen LogP contribution in [0.3, 0.4) is 0 Å². The molecule has 3 rings (SSSR count). The van der Waals surface area contributed by atoms with Crippen LogP contribution in [0.2, 0.25) is 0 Å². The molecule has 0 aliphatic rings. The Hall–Kier alpha value is -1.92. The Labute approximate surface area is 159 Å². The number of carbonyl (C=O) groups excluding carboxylic acids is 1. The first kappa shape index (κ1) is 17.9. The highest BCUT2D eigenvalue weighted by atomic mass is 79.9. The number of ketones is 1. The van der Waals surface area contributed by atoms with Gasteiger partial charge in [-0.1, -0.05) is 52.0 Å². The first-order valence-corrected chi connectivity index (χ1v) is 9.64. The second-order valence-electron chi connectivity index (χ2n) is 5.91. The first-order chi connectivity index (χ1) is 12.0. The molecule has 1 aromatic heterocycles. The van der Waals surface area contributed by atoms with Gasteiger partial charge in [0.2, 0.25) is 5.16 Å². The zero-order valence-electron chi connectivity index (χ0n) is 14.3. The molecule has 0 spiro atoms. The summed E-state index contributed by atoms with van der Waals surface area (Å²) in [5, 5.41) is 7.71. The Balaban J connectivity index is 1.72. The number of H-pyrrole nitrogens is 1. The van der Waals surface area contributed by atoms with Crippen LogP contribution in [0, 0.1) is 20.8 Å². The Bertz CT molecular complexity index is 936. The Kier molecular flexibility index (Phi) is 5.39. The number of carbonyl (C=O) groups is 1. The SMILES string of the molecule is Cc1cc(C)c(C(=O)CSc2n[nH]c(-c3ccccc3Br)n2)cc1C. The number of Topliss-reactive ketones (excluding diaryl/α,β-unsaturated/α-hetero) is 1. The molecule has 0 unspecified atom stereocenters. The van der Waals surface area contributed by atoms with Gasteiger partial charge < -0.3 is 0 Å². The molecule has 4 nitrogen and oxygen atoms in total. The number of benzene rings is 2. The molecule has 1 N–H and O–H groups in total. The minimum atomic E-state index is 0.0952. The Morgan fingerprint density at radius 1 is 1.12 bits per heavy atom. The molecule has 0 bridgehead atoms. The highest BCUT2D eigenvalue weighted by Crippen LogP contribution is 2.27. The maximum atomic E-state index is 12.5. The minimum Gasteiger partial charge on any atom is -0.293 e. The van der Waals surface area contributed by atoms with Crippen molar-refractivity contribution in [3.8, 4) is 11.4 Å². The Morgan fingerprint density at radius 3 is 2.60 bits per heavy atom. The second kappa shape index (κ2) is 7.54. The van der Waals surface area contributed by atoms with Crippen molar-refractivity contribution >= 4 is 33.5 Å². The van der Waals surface area contributed by atoms with Crippen LogP contribution in [0.5, 0.6) is 0 Å². The maximum Gasteiger partial charge on any atom is 0.209 e. The summed E-state index contributed by atoms with van der Waals surface area (Å²) in [7, 11) is 0. The van der Waals surface area contributed by atoms with Gasteiger partial charge in [-0.3, -0.25) is 9.89 Å². The van der Waals surface area contributed by atoms with Crippen LogP contribution in [0.4, 0.5) is 0 Å². The number of aromatic nitrogens is 3. The van der Waals surface area contributed by atoms with Crippen molar-refractivity contribution in [2.24, 2.45) is 0 Å². The summed E-state index contributed by atoms with van der Waals surface area (Å²) in [6, 6.07) is 11.8. The third kappa shape index (κ3) is 4.02. The molecule has 3 aromatic rings. The van der Waals surface area contributed by atoms with E-state index in [-0.39, 0.29) is 5.78 Å². The third-order valence-corrected chi connectivity index (χ3v) is 5.61. The van der Waals surface area contributed by atoms with E-state index in [9.17, 15) is 4.79 Å². The summed E-state index contributed by atoms with van der Waals surface area (Å²) in [4.78, 5) is 17.0. The van der Waals surface area contributed by atoms with Gasteiger partial charge in [0.1, 0.15) is 0 Å². The lowest BCUT2D eigenvalue weighted by Gasteiger charge is -2.08.